The lowest BCUT2D eigenvalue weighted by molar-refractivity contribution is 0.671. The van der Waals surface area contributed by atoms with Gasteiger partial charge >= 0.3 is 0 Å². The van der Waals surface area contributed by atoms with Crippen molar-refractivity contribution < 1.29 is 4.42 Å². The molecule has 0 atom stereocenters. The van der Waals surface area contributed by atoms with Gasteiger partial charge in [-0.1, -0.05) is 84.9 Å². The van der Waals surface area contributed by atoms with Gasteiger partial charge in [-0.05, 0) is 65.7 Å². The number of rotatable bonds is 3. The number of fused-ring (bicyclic) bond motifs is 12. The van der Waals surface area contributed by atoms with Crippen LogP contribution in [-0.4, -0.2) is 14.1 Å². The fourth-order valence-corrected chi connectivity index (χ4v) is 7.35. The Balaban J connectivity index is 1.46. The Labute approximate surface area is 258 Å². The van der Waals surface area contributed by atoms with Gasteiger partial charge in [-0.2, -0.15) is 0 Å². The molecule has 0 amide bonds. The first kappa shape index (κ1) is 24.3. The van der Waals surface area contributed by atoms with Crippen molar-refractivity contribution in [2.24, 2.45) is 0 Å². The quantitative estimate of drug-likeness (QED) is 0.210. The molecule has 0 spiro atoms. The fraction of sp³-hybridized carbons (Fsp3) is 0. The third-order valence-electron chi connectivity index (χ3n) is 9.20. The van der Waals surface area contributed by atoms with E-state index >= 15 is 0 Å². The van der Waals surface area contributed by atoms with Gasteiger partial charge < -0.3 is 13.6 Å². The van der Waals surface area contributed by atoms with Crippen LogP contribution in [-0.2, 0) is 0 Å². The topological polar surface area (TPSA) is 35.9 Å². The molecule has 210 valence electrons. The Hall–Kier alpha value is -6.13. The fourth-order valence-electron chi connectivity index (χ4n) is 7.35. The normalized spacial score (nSPS) is 12.0. The largest absolute Gasteiger partial charge is 0.454 e. The number of nitrogens with zero attached hydrogens (tertiary/aromatic N) is 3. The van der Waals surface area contributed by atoms with Crippen molar-refractivity contribution in [2.75, 3.05) is 0 Å². The van der Waals surface area contributed by atoms with Crippen LogP contribution in [0.3, 0.4) is 0 Å². The summed E-state index contributed by atoms with van der Waals surface area (Å²) in [4.78, 5) is 4.20. The van der Waals surface area contributed by atoms with E-state index < -0.39 is 0 Å². The van der Waals surface area contributed by atoms with Gasteiger partial charge in [-0.25, -0.2) is 0 Å². The summed E-state index contributed by atoms with van der Waals surface area (Å²) in [5.41, 5.74) is 10.9. The molecule has 0 saturated carbocycles. The number of aromatic nitrogens is 3. The van der Waals surface area contributed by atoms with E-state index in [-0.39, 0.29) is 0 Å². The first-order chi connectivity index (χ1) is 22.4. The van der Waals surface area contributed by atoms with E-state index in [1.54, 1.807) is 0 Å². The van der Waals surface area contributed by atoms with Crippen LogP contribution in [0.5, 0.6) is 0 Å². The molecule has 10 aromatic rings. The van der Waals surface area contributed by atoms with Crippen LogP contribution in [0.2, 0.25) is 0 Å². The molecule has 0 fully saturated rings. The second-order valence-corrected chi connectivity index (χ2v) is 11.6. The van der Waals surface area contributed by atoms with E-state index in [9.17, 15) is 0 Å². The van der Waals surface area contributed by atoms with Crippen LogP contribution in [0.4, 0.5) is 0 Å². The van der Waals surface area contributed by atoms with Crippen molar-refractivity contribution in [2.45, 2.75) is 0 Å². The molecular formula is C41H25N3O. The van der Waals surface area contributed by atoms with Crippen molar-refractivity contribution in [1.82, 2.24) is 14.1 Å². The minimum absolute atomic E-state index is 0.893. The highest BCUT2D eigenvalue weighted by Gasteiger charge is 2.27. The zero-order valence-corrected chi connectivity index (χ0v) is 24.2. The SMILES string of the molecule is c1ccc(-n2c3ccccc3c3c2c2oc4ccccc4c2c2c4ccccc4n(-c4ccc(-c5ccncc5)cc4)c23)cc1. The molecule has 4 aromatic heterocycles. The van der Waals surface area contributed by atoms with Gasteiger partial charge in [-0.15, -0.1) is 0 Å². The highest BCUT2D eigenvalue weighted by atomic mass is 16.3. The monoisotopic (exact) mass is 575 g/mol. The Bertz CT molecular complexity index is 2730. The molecule has 4 nitrogen and oxygen atoms in total. The molecule has 6 aromatic carbocycles. The summed E-state index contributed by atoms with van der Waals surface area (Å²) >= 11 is 0. The van der Waals surface area contributed by atoms with Gasteiger partial charge in [0, 0.05) is 56.1 Å². The van der Waals surface area contributed by atoms with Crippen molar-refractivity contribution >= 4 is 65.6 Å². The molecule has 45 heavy (non-hydrogen) atoms. The Morgan fingerprint density at radius 1 is 0.422 bits per heavy atom. The summed E-state index contributed by atoms with van der Waals surface area (Å²) < 4.78 is 11.7. The maximum absolute atomic E-state index is 6.86. The second-order valence-electron chi connectivity index (χ2n) is 11.6. The number of benzene rings is 6. The molecule has 0 aliphatic rings. The molecule has 10 rings (SSSR count). The van der Waals surface area contributed by atoms with Crippen LogP contribution in [0.15, 0.2) is 156 Å². The van der Waals surface area contributed by atoms with E-state index in [1.165, 1.54) is 32.6 Å². The zero-order valence-electron chi connectivity index (χ0n) is 24.2. The van der Waals surface area contributed by atoms with Gasteiger partial charge in [0.15, 0.2) is 5.58 Å². The van der Waals surface area contributed by atoms with E-state index in [2.05, 4.69) is 154 Å². The first-order valence-corrected chi connectivity index (χ1v) is 15.2. The molecule has 0 aliphatic carbocycles. The highest BCUT2D eigenvalue weighted by molar-refractivity contribution is 6.39. The molecular weight excluding hydrogens is 550 g/mol. The predicted octanol–water partition coefficient (Wildman–Crippen LogP) is 10.8. The van der Waals surface area contributed by atoms with Crippen molar-refractivity contribution in [3.05, 3.63) is 152 Å². The van der Waals surface area contributed by atoms with Crippen molar-refractivity contribution in [3.8, 4) is 22.5 Å². The van der Waals surface area contributed by atoms with Crippen molar-refractivity contribution in [1.29, 1.82) is 0 Å². The summed E-state index contributed by atoms with van der Waals surface area (Å²) in [5, 5.41) is 7.08. The van der Waals surface area contributed by atoms with Gasteiger partial charge in [0.2, 0.25) is 0 Å². The summed E-state index contributed by atoms with van der Waals surface area (Å²) in [6.45, 7) is 0. The summed E-state index contributed by atoms with van der Waals surface area (Å²) in [5.74, 6) is 0. The molecule has 0 bridgehead atoms. The van der Waals surface area contributed by atoms with E-state index in [0.29, 0.717) is 0 Å². The van der Waals surface area contributed by atoms with Crippen molar-refractivity contribution in [3.63, 3.8) is 0 Å². The van der Waals surface area contributed by atoms with E-state index in [1.807, 2.05) is 12.4 Å². The maximum Gasteiger partial charge on any atom is 0.160 e. The Morgan fingerprint density at radius 2 is 0.978 bits per heavy atom. The molecule has 4 heterocycles. The average molecular weight is 576 g/mol. The first-order valence-electron chi connectivity index (χ1n) is 15.2. The Morgan fingerprint density at radius 3 is 1.71 bits per heavy atom. The predicted molar refractivity (Wildman–Crippen MR) is 186 cm³/mol. The lowest BCUT2D eigenvalue weighted by Crippen LogP contribution is -1.96. The maximum atomic E-state index is 6.86. The van der Waals surface area contributed by atoms with Gasteiger partial charge in [0.05, 0.1) is 22.1 Å². The smallest absolute Gasteiger partial charge is 0.160 e. The summed E-state index contributed by atoms with van der Waals surface area (Å²) in [6, 6.07) is 49.6. The van der Waals surface area contributed by atoms with Gasteiger partial charge in [-0.3, -0.25) is 4.98 Å². The average Bonchev–Trinajstić information content (AvgIpc) is 3.77. The van der Waals surface area contributed by atoms with Crippen LogP contribution in [0, 0.1) is 0 Å². The highest BCUT2D eigenvalue weighted by Crippen LogP contribution is 2.49. The minimum Gasteiger partial charge on any atom is -0.454 e. The zero-order chi connectivity index (χ0) is 29.5. The van der Waals surface area contributed by atoms with Gasteiger partial charge in [0.25, 0.3) is 0 Å². The number of hydrogen-bond acceptors (Lipinski definition) is 2. The number of para-hydroxylation sites is 4. The van der Waals surface area contributed by atoms with Crippen LogP contribution < -0.4 is 0 Å². The third kappa shape index (κ3) is 3.34. The van der Waals surface area contributed by atoms with Gasteiger partial charge in [0.1, 0.15) is 5.58 Å². The van der Waals surface area contributed by atoms with E-state index in [4.69, 9.17) is 4.42 Å². The number of hydrogen-bond donors (Lipinski definition) is 0. The number of furan rings is 1. The van der Waals surface area contributed by atoms with E-state index in [0.717, 1.165) is 55.5 Å². The Kier molecular flexibility index (Phi) is 4.96. The standard InChI is InChI=1S/C41H25N3O/c1-2-10-28(11-3-1)44-34-16-8-5-13-31(34)38-39-36(37-32-14-6-9-17-35(32)45-41(37)40(38)44)30-12-4-7-15-33(30)43(39)29-20-18-26(19-21-29)27-22-24-42-25-23-27/h1-25H. The van der Waals surface area contributed by atoms with Crippen LogP contribution in [0.25, 0.3) is 88.1 Å². The summed E-state index contributed by atoms with van der Waals surface area (Å²) in [6.07, 6.45) is 3.69. The summed E-state index contributed by atoms with van der Waals surface area (Å²) in [7, 11) is 0. The number of pyridine rings is 1. The van der Waals surface area contributed by atoms with Crippen LogP contribution >= 0.6 is 0 Å². The lowest BCUT2D eigenvalue weighted by Gasteiger charge is -2.11. The third-order valence-corrected chi connectivity index (χ3v) is 9.20. The lowest BCUT2D eigenvalue weighted by atomic mass is 10.0. The molecule has 4 heteroatoms. The molecule has 0 N–H and O–H groups in total. The van der Waals surface area contributed by atoms with Crippen LogP contribution in [0.1, 0.15) is 0 Å². The minimum atomic E-state index is 0.893. The molecule has 0 radical (unpaired) electrons. The molecule has 0 aliphatic heterocycles. The second kappa shape index (κ2) is 9.18. The molecule has 0 saturated heterocycles. The molecule has 0 unspecified atom stereocenters.